The van der Waals surface area contributed by atoms with Gasteiger partial charge in [-0.25, -0.2) is 0 Å². The van der Waals surface area contributed by atoms with Crippen molar-refractivity contribution < 1.29 is 9.64 Å². The summed E-state index contributed by atoms with van der Waals surface area (Å²) < 4.78 is 6.39. The van der Waals surface area contributed by atoms with Crippen LogP contribution in [0.5, 0.6) is 0 Å². The van der Waals surface area contributed by atoms with Crippen molar-refractivity contribution in [1.82, 2.24) is 15.7 Å². The third-order valence-corrected chi connectivity index (χ3v) is 4.74. The van der Waals surface area contributed by atoms with Crippen molar-refractivity contribution in [2.24, 2.45) is 5.10 Å². The van der Waals surface area contributed by atoms with Crippen molar-refractivity contribution in [3.8, 4) is 0 Å². The highest BCUT2D eigenvalue weighted by Gasteiger charge is 2.12. The molecule has 2 heterocycles. The number of hydrogen-bond donors (Lipinski definition) is 4. The van der Waals surface area contributed by atoms with Gasteiger partial charge >= 0.3 is 0 Å². The Labute approximate surface area is 154 Å². The molecule has 24 heavy (non-hydrogen) atoms. The molecule has 6 nitrogen and oxygen atoms in total. The molecule has 2 aromatic rings. The normalized spacial score (nSPS) is 15.9. The molecule has 4 N–H and O–H groups in total. The number of quaternary nitrogens is 1. The molecule has 128 valence electrons. The molecule has 1 aliphatic heterocycles. The van der Waals surface area contributed by atoms with Crippen molar-refractivity contribution in [3.63, 3.8) is 0 Å². The van der Waals surface area contributed by atoms with Gasteiger partial charge in [-0.15, -0.1) is 0 Å². The predicted octanol–water partition coefficient (Wildman–Crippen LogP) is 0.644. The summed E-state index contributed by atoms with van der Waals surface area (Å²) in [5.41, 5.74) is 4.96. The zero-order valence-corrected chi connectivity index (χ0v) is 15.7. The number of rotatable bonds is 5. The topological polar surface area (TPSA) is 65.9 Å². The lowest BCUT2D eigenvalue weighted by atomic mass is 10.2. The van der Waals surface area contributed by atoms with Gasteiger partial charge in [0.05, 0.1) is 32.5 Å². The molecule has 1 aliphatic rings. The lowest BCUT2D eigenvalue weighted by Crippen LogP contribution is -3.14. The van der Waals surface area contributed by atoms with E-state index in [2.05, 4.69) is 42.8 Å². The minimum atomic E-state index is 0.542. The van der Waals surface area contributed by atoms with Crippen LogP contribution in [0.4, 0.5) is 0 Å². The molecule has 3 rings (SSSR count). The van der Waals surface area contributed by atoms with E-state index in [0.717, 1.165) is 60.3 Å². The average molecular weight is 411 g/mol. The van der Waals surface area contributed by atoms with Crippen LogP contribution < -0.4 is 15.6 Å². The van der Waals surface area contributed by atoms with E-state index in [4.69, 9.17) is 17.0 Å². The van der Waals surface area contributed by atoms with Gasteiger partial charge in [0.25, 0.3) is 0 Å². The lowest BCUT2D eigenvalue weighted by molar-refractivity contribution is -0.906. The van der Waals surface area contributed by atoms with E-state index in [0.29, 0.717) is 5.11 Å². The molecule has 0 aliphatic carbocycles. The maximum Gasteiger partial charge on any atom is 0.187 e. The average Bonchev–Trinajstić information content (AvgIpc) is 2.98. The molecule has 0 spiro atoms. The second-order valence-electron chi connectivity index (χ2n) is 5.67. The van der Waals surface area contributed by atoms with Gasteiger partial charge in [0.2, 0.25) is 0 Å². The fraction of sp³-hybridized carbons (Fsp3) is 0.375. The monoisotopic (exact) mass is 410 g/mol. The molecule has 8 heteroatoms. The zero-order chi connectivity index (χ0) is 16.8. The van der Waals surface area contributed by atoms with E-state index in [1.54, 1.807) is 11.1 Å². The number of benzene rings is 1. The minimum absolute atomic E-state index is 0.542. The van der Waals surface area contributed by atoms with Crippen molar-refractivity contribution in [3.05, 3.63) is 34.4 Å². The van der Waals surface area contributed by atoms with E-state index >= 15 is 0 Å². The Kier molecular flexibility index (Phi) is 6.19. The maximum absolute atomic E-state index is 5.35. The van der Waals surface area contributed by atoms with E-state index in [-0.39, 0.29) is 0 Å². The first-order chi connectivity index (χ1) is 11.7. The van der Waals surface area contributed by atoms with Crippen LogP contribution in [0.1, 0.15) is 5.56 Å². The molecule has 0 saturated carbocycles. The SMILES string of the molecule is S=C(NCC[NH+]1CCOCC1)N/N=C/c1c[nH]c2ccc(Br)cc12. The van der Waals surface area contributed by atoms with Gasteiger partial charge < -0.3 is 19.9 Å². The Bertz CT molecular complexity index is 726. The second kappa shape index (κ2) is 8.57. The Morgan fingerprint density at radius 1 is 1.42 bits per heavy atom. The summed E-state index contributed by atoms with van der Waals surface area (Å²) in [6.45, 7) is 5.69. The number of halogens is 1. The number of thiocarbonyl (C=S) groups is 1. The minimum Gasteiger partial charge on any atom is -0.370 e. The van der Waals surface area contributed by atoms with Crippen LogP contribution in [0.15, 0.2) is 34.0 Å². The summed E-state index contributed by atoms with van der Waals surface area (Å²) in [5.74, 6) is 0. The Morgan fingerprint density at radius 3 is 3.08 bits per heavy atom. The van der Waals surface area contributed by atoms with Gasteiger partial charge in [-0.3, -0.25) is 5.43 Å². The van der Waals surface area contributed by atoms with Gasteiger partial charge in [0, 0.05) is 27.1 Å². The summed E-state index contributed by atoms with van der Waals surface area (Å²) in [6.07, 6.45) is 3.70. The van der Waals surface area contributed by atoms with Crippen LogP contribution in [0.3, 0.4) is 0 Å². The molecule has 0 amide bonds. The van der Waals surface area contributed by atoms with Crippen LogP contribution in [0.2, 0.25) is 0 Å². The van der Waals surface area contributed by atoms with Crippen LogP contribution >= 0.6 is 28.1 Å². The highest BCUT2D eigenvalue weighted by Crippen LogP contribution is 2.21. The third kappa shape index (κ3) is 4.76. The molecule has 0 atom stereocenters. The fourth-order valence-corrected chi connectivity index (χ4v) is 3.20. The van der Waals surface area contributed by atoms with Crippen molar-refractivity contribution in [2.45, 2.75) is 0 Å². The number of nitrogens with zero attached hydrogens (tertiary/aromatic N) is 1. The summed E-state index contributed by atoms with van der Waals surface area (Å²) >= 11 is 8.74. The summed E-state index contributed by atoms with van der Waals surface area (Å²) in [6, 6.07) is 6.10. The molecule has 1 fully saturated rings. The van der Waals surface area contributed by atoms with Crippen LogP contribution in [-0.2, 0) is 4.74 Å². The summed E-state index contributed by atoms with van der Waals surface area (Å²) in [7, 11) is 0. The van der Waals surface area contributed by atoms with Crippen molar-refractivity contribution >= 4 is 50.4 Å². The smallest absolute Gasteiger partial charge is 0.187 e. The van der Waals surface area contributed by atoms with E-state index < -0.39 is 0 Å². The van der Waals surface area contributed by atoms with E-state index in [1.165, 1.54) is 0 Å². The molecule has 0 bridgehead atoms. The largest absolute Gasteiger partial charge is 0.370 e. The summed E-state index contributed by atoms with van der Waals surface area (Å²) in [5, 5.41) is 9.06. The fourth-order valence-electron chi connectivity index (χ4n) is 2.68. The van der Waals surface area contributed by atoms with E-state index in [1.807, 2.05) is 18.3 Å². The van der Waals surface area contributed by atoms with Crippen molar-refractivity contribution in [2.75, 3.05) is 39.4 Å². The summed E-state index contributed by atoms with van der Waals surface area (Å²) in [4.78, 5) is 4.77. The standard InChI is InChI=1S/C16H20BrN5OS/c17-13-1-2-15-14(9-13)12(10-19-15)11-20-21-16(24)18-3-4-22-5-7-23-8-6-22/h1-2,9-11,19H,3-8H2,(H2,18,21,24)/p+1/b20-11+. The first-order valence-electron chi connectivity index (χ1n) is 7.97. The van der Waals surface area contributed by atoms with Crippen LogP contribution in [0, 0.1) is 0 Å². The van der Waals surface area contributed by atoms with E-state index in [9.17, 15) is 0 Å². The van der Waals surface area contributed by atoms with Gasteiger partial charge in [-0.05, 0) is 30.4 Å². The van der Waals surface area contributed by atoms with Crippen LogP contribution in [0.25, 0.3) is 10.9 Å². The van der Waals surface area contributed by atoms with Crippen LogP contribution in [-0.4, -0.2) is 55.7 Å². The number of fused-ring (bicyclic) bond motifs is 1. The Balaban J connectivity index is 1.44. The number of ether oxygens (including phenoxy) is 1. The molecule has 1 aromatic carbocycles. The Hall–Kier alpha value is -1.48. The second-order valence-corrected chi connectivity index (χ2v) is 7.00. The molecule has 1 saturated heterocycles. The zero-order valence-electron chi connectivity index (χ0n) is 13.3. The van der Waals surface area contributed by atoms with Gasteiger partial charge in [-0.2, -0.15) is 5.10 Å². The predicted molar refractivity (Wildman–Crippen MR) is 104 cm³/mol. The number of morpholine rings is 1. The molecule has 0 radical (unpaired) electrons. The highest BCUT2D eigenvalue weighted by atomic mass is 79.9. The molecule has 0 unspecified atom stereocenters. The van der Waals surface area contributed by atoms with Crippen molar-refractivity contribution in [1.29, 1.82) is 0 Å². The van der Waals surface area contributed by atoms with Gasteiger partial charge in [0.15, 0.2) is 5.11 Å². The maximum atomic E-state index is 5.35. The number of aromatic amines is 1. The quantitative estimate of drug-likeness (QED) is 0.331. The first-order valence-corrected chi connectivity index (χ1v) is 9.17. The Morgan fingerprint density at radius 2 is 2.25 bits per heavy atom. The number of H-pyrrole nitrogens is 1. The molecular formula is C16H21BrN5OS+. The molecule has 1 aromatic heterocycles. The first kappa shape index (κ1) is 17.3. The van der Waals surface area contributed by atoms with Gasteiger partial charge in [0.1, 0.15) is 13.1 Å². The number of hydrazone groups is 1. The van der Waals surface area contributed by atoms with Gasteiger partial charge in [-0.1, -0.05) is 15.9 Å². The molecular weight excluding hydrogens is 390 g/mol. The number of nitrogens with one attached hydrogen (secondary N) is 4. The highest BCUT2D eigenvalue weighted by molar-refractivity contribution is 9.10. The number of hydrogen-bond acceptors (Lipinski definition) is 3. The lowest BCUT2D eigenvalue weighted by Gasteiger charge is -2.23. The number of aromatic nitrogens is 1. The third-order valence-electron chi connectivity index (χ3n) is 4.01.